The van der Waals surface area contributed by atoms with Crippen LogP contribution in [-0.2, 0) is 5.41 Å². The molecule has 1 aliphatic rings. The summed E-state index contributed by atoms with van der Waals surface area (Å²) in [6, 6.07) is 67.4. The first-order valence-electron chi connectivity index (χ1n) is 19.6. The van der Waals surface area contributed by atoms with Crippen molar-refractivity contribution in [2.45, 2.75) is 19.3 Å². The zero-order valence-electron chi connectivity index (χ0n) is 31.7. The molecule has 0 fully saturated rings. The first-order chi connectivity index (χ1) is 28.0. The monoisotopic (exact) mass is 727 g/mol. The third kappa shape index (κ3) is 5.38. The zero-order valence-corrected chi connectivity index (χ0v) is 31.7. The molecule has 0 saturated heterocycles. The first kappa shape index (κ1) is 33.1. The summed E-state index contributed by atoms with van der Waals surface area (Å²) in [5, 5.41) is 7.60. The minimum atomic E-state index is -0.119. The molecule has 0 radical (unpaired) electrons. The predicted octanol–water partition coefficient (Wildman–Crippen LogP) is 14.0. The lowest BCUT2D eigenvalue weighted by Gasteiger charge is -2.21. The second-order valence-electron chi connectivity index (χ2n) is 15.6. The molecule has 268 valence electrons. The highest BCUT2D eigenvalue weighted by Crippen LogP contribution is 2.51. The third-order valence-electron chi connectivity index (χ3n) is 11.9. The van der Waals surface area contributed by atoms with E-state index in [9.17, 15) is 0 Å². The summed E-state index contributed by atoms with van der Waals surface area (Å²) < 4.78 is 0. The van der Waals surface area contributed by atoms with Crippen molar-refractivity contribution in [3.8, 4) is 67.5 Å². The molecule has 1 aromatic heterocycles. The molecule has 1 aliphatic carbocycles. The van der Waals surface area contributed by atoms with Gasteiger partial charge in [-0.1, -0.05) is 196 Å². The number of hydrogen-bond donors (Lipinski definition) is 0. The van der Waals surface area contributed by atoms with Crippen LogP contribution in [0, 0.1) is 0 Å². The molecular formula is C54H37N3. The molecule has 57 heavy (non-hydrogen) atoms. The van der Waals surface area contributed by atoms with Gasteiger partial charge in [0.1, 0.15) is 0 Å². The largest absolute Gasteiger partial charge is 0.208 e. The number of fused-ring (bicyclic) bond motifs is 7. The van der Waals surface area contributed by atoms with E-state index in [1.54, 1.807) is 0 Å². The fourth-order valence-corrected chi connectivity index (χ4v) is 9.06. The molecule has 11 rings (SSSR count). The van der Waals surface area contributed by atoms with Gasteiger partial charge in [0.25, 0.3) is 0 Å². The molecule has 0 atom stereocenters. The van der Waals surface area contributed by atoms with Crippen molar-refractivity contribution >= 4 is 32.3 Å². The highest BCUT2D eigenvalue weighted by atomic mass is 15.0. The van der Waals surface area contributed by atoms with Crippen LogP contribution in [0.15, 0.2) is 188 Å². The Labute approximate surface area is 332 Å². The highest BCUT2D eigenvalue weighted by molar-refractivity contribution is 6.20. The quantitative estimate of drug-likeness (QED) is 0.131. The van der Waals surface area contributed by atoms with E-state index in [1.807, 2.05) is 18.2 Å². The SMILES string of the molecule is CC1(C)c2ccccc2-c2c(-c3nc(-c4ccccc4)nc(-c4ccc(-c5ccc(-c6c7ccccc7cc7c6ccc6ccccc67)cc5)cc4)n3)cccc21. The van der Waals surface area contributed by atoms with E-state index in [-0.39, 0.29) is 5.41 Å². The van der Waals surface area contributed by atoms with Crippen LogP contribution in [-0.4, -0.2) is 15.0 Å². The molecule has 0 saturated carbocycles. The predicted molar refractivity (Wildman–Crippen MR) is 237 cm³/mol. The van der Waals surface area contributed by atoms with Crippen molar-refractivity contribution in [2.24, 2.45) is 0 Å². The fourth-order valence-electron chi connectivity index (χ4n) is 9.06. The van der Waals surface area contributed by atoms with E-state index in [0.717, 1.165) is 27.8 Å². The maximum atomic E-state index is 5.19. The van der Waals surface area contributed by atoms with Crippen LogP contribution in [0.5, 0.6) is 0 Å². The Kier molecular flexibility index (Phi) is 7.52. The smallest absolute Gasteiger partial charge is 0.164 e. The Morgan fingerprint density at radius 1 is 0.316 bits per heavy atom. The van der Waals surface area contributed by atoms with E-state index in [2.05, 4.69) is 184 Å². The molecule has 1 heterocycles. The van der Waals surface area contributed by atoms with Crippen molar-refractivity contribution in [2.75, 3.05) is 0 Å². The molecule has 0 N–H and O–H groups in total. The van der Waals surface area contributed by atoms with Gasteiger partial charge in [0.05, 0.1) is 0 Å². The Bertz CT molecular complexity index is 3180. The third-order valence-corrected chi connectivity index (χ3v) is 11.9. The average Bonchev–Trinajstić information content (AvgIpc) is 3.51. The number of nitrogens with zero attached hydrogens (tertiary/aromatic N) is 3. The van der Waals surface area contributed by atoms with Gasteiger partial charge in [-0.3, -0.25) is 0 Å². The Morgan fingerprint density at radius 3 is 1.61 bits per heavy atom. The molecule has 10 aromatic rings. The van der Waals surface area contributed by atoms with Crippen LogP contribution in [0.1, 0.15) is 25.0 Å². The fraction of sp³-hybridized carbons (Fsp3) is 0.0556. The van der Waals surface area contributed by atoms with Crippen LogP contribution in [0.3, 0.4) is 0 Å². The number of hydrogen-bond acceptors (Lipinski definition) is 3. The topological polar surface area (TPSA) is 38.7 Å². The highest BCUT2D eigenvalue weighted by Gasteiger charge is 2.37. The standard InChI is InChI=1S/C54H37N3/c1-54(2)47-21-11-10-19-44(47)50-45(20-12-22-48(50)54)53-56-51(38-14-4-3-5-15-38)55-52(57-53)39-29-25-35(26-30-39)34-23-27-37(28-24-34)49-42-18-9-7-16-40(42)33-46-41-17-8-6-13-36(41)31-32-43(46)49/h3-33H,1-2H3. The first-order valence-corrected chi connectivity index (χ1v) is 19.6. The lowest BCUT2D eigenvalue weighted by Crippen LogP contribution is -2.14. The van der Waals surface area contributed by atoms with Gasteiger partial charge in [-0.15, -0.1) is 0 Å². The lowest BCUT2D eigenvalue weighted by molar-refractivity contribution is 0.660. The minimum absolute atomic E-state index is 0.119. The summed E-state index contributed by atoms with van der Waals surface area (Å²) in [6.07, 6.45) is 0. The summed E-state index contributed by atoms with van der Waals surface area (Å²) in [5.74, 6) is 1.99. The van der Waals surface area contributed by atoms with Crippen LogP contribution >= 0.6 is 0 Å². The summed E-state index contributed by atoms with van der Waals surface area (Å²) in [7, 11) is 0. The normalized spacial score (nSPS) is 12.9. The minimum Gasteiger partial charge on any atom is -0.208 e. The van der Waals surface area contributed by atoms with Crippen molar-refractivity contribution in [1.82, 2.24) is 15.0 Å². The summed E-state index contributed by atoms with van der Waals surface area (Å²) in [4.78, 5) is 15.4. The van der Waals surface area contributed by atoms with Gasteiger partial charge in [0.2, 0.25) is 0 Å². The van der Waals surface area contributed by atoms with Gasteiger partial charge in [-0.25, -0.2) is 15.0 Å². The Morgan fingerprint density at radius 2 is 0.860 bits per heavy atom. The van der Waals surface area contributed by atoms with Gasteiger partial charge < -0.3 is 0 Å². The van der Waals surface area contributed by atoms with Crippen molar-refractivity contribution in [3.05, 3.63) is 199 Å². The molecular weight excluding hydrogens is 691 g/mol. The maximum absolute atomic E-state index is 5.19. The van der Waals surface area contributed by atoms with Crippen LogP contribution in [0.25, 0.3) is 99.9 Å². The Balaban J connectivity index is 0.986. The van der Waals surface area contributed by atoms with Gasteiger partial charge in [0.15, 0.2) is 17.5 Å². The van der Waals surface area contributed by atoms with Gasteiger partial charge in [0, 0.05) is 22.1 Å². The summed E-state index contributed by atoms with van der Waals surface area (Å²) in [6.45, 7) is 4.61. The molecule has 0 spiro atoms. The number of rotatable bonds is 5. The number of benzene rings is 9. The van der Waals surface area contributed by atoms with Crippen molar-refractivity contribution < 1.29 is 0 Å². The maximum Gasteiger partial charge on any atom is 0.164 e. The van der Waals surface area contributed by atoms with E-state index in [4.69, 9.17) is 15.0 Å². The summed E-state index contributed by atoms with van der Waals surface area (Å²) in [5.41, 5.74) is 12.6. The molecule has 0 amide bonds. The van der Waals surface area contributed by atoms with Crippen LogP contribution < -0.4 is 0 Å². The van der Waals surface area contributed by atoms with E-state index >= 15 is 0 Å². The molecule has 0 bridgehead atoms. The lowest BCUT2D eigenvalue weighted by atomic mass is 9.82. The molecule has 3 nitrogen and oxygen atoms in total. The van der Waals surface area contributed by atoms with E-state index < -0.39 is 0 Å². The number of aromatic nitrogens is 3. The Hall–Kier alpha value is -7.23. The van der Waals surface area contributed by atoms with E-state index in [1.165, 1.54) is 65.7 Å². The molecule has 9 aromatic carbocycles. The second-order valence-corrected chi connectivity index (χ2v) is 15.6. The molecule has 3 heteroatoms. The molecule has 0 aliphatic heterocycles. The van der Waals surface area contributed by atoms with Crippen LogP contribution in [0.2, 0.25) is 0 Å². The average molecular weight is 728 g/mol. The van der Waals surface area contributed by atoms with Crippen molar-refractivity contribution in [1.29, 1.82) is 0 Å². The van der Waals surface area contributed by atoms with Crippen LogP contribution in [0.4, 0.5) is 0 Å². The van der Waals surface area contributed by atoms with Gasteiger partial charge >= 0.3 is 0 Å². The van der Waals surface area contributed by atoms with Gasteiger partial charge in [-0.05, 0) is 82.9 Å². The molecule has 0 unspecified atom stereocenters. The second kappa shape index (κ2) is 12.9. The van der Waals surface area contributed by atoms with E-state index in [0.29, 0.717) is 17.5 Å². The van der Waals surface area contributed by atoms with Gasteiger partial charge in [-0.2, -0.15) is 0 Å². The zero-order chi connectivity index (χ0) is 38.1. The summed E-state index contributed by atoms with van der Waals surface area (Å²) >= 11 is 0. The van der Waals surface area contributed by atoms with Crippen molar-refractivity contribution in [3.63, 3.8) is 0 Å².